The molecule has 0 fully saturated rings. The van der Waals surface area contributed by atoms with Crippen LogP contribution in [-0.4, -0.2) is 10.9 Å². The summed E-state index contributed by atoms with van der Waals surface area (Å²) in [6.07, 6.45) is 1.79. The summed E-state index contributed by atoms with van der Waals surface area (Å²) in [6, 6.07) is 8.62. The molecule has 1 aromatic heterocycles. The van der Waals surface area contributed by atoms with Crippen molar-refractivity contribution in [2.45, 2.75) is 25.8 Å². The number of nitrogens with one attached hydrogen (secondary N) is 1. The first-order valence-corrected chi connectivity index (χ1v) is 6.96. The molecule has 19 heavy (non-hydrogen) atoms. The number of anilines is 1. The molecule has 0 saturated heterocycles. The lowest BCUT2D eigenvalue weighted by Crippen LogP contribution is -2.27. The van der Waals surface area contributed by atoms with Crippen molar-refractivity contribution in [1.29, 1.82) is 0 Å². The molecule has 5 heteroatoms. The molecule has 1 aromatic carbocycles. The molecule has 1 amide bonds. The molecule has 2 aromatic rings. The van der Waals surface area contributed by atoms with E-state index in [-0.39, 0.29) is 5.91 Å². The lowest BCUT2D eigenvalue weighted by Gasteiger charge is -2.10. The minimum absolute atomic E-state index is 0.240. The van der Waals surface area contributed by atoms with Gasteiger partial charge >= 0.3 is 0 Å². The predicted octanol–water partition coefficient (Wildman–Crippen LogP) is 2.91. The van der Waals surface area contributed by atoms with Crippen molar-refractivity contribution in [3.05, 3.63) is 47.0 Å². The fourth-order valence-electron chi connectivity index (χ4n) is 1.61. The highest BCUT2D eigenvalue weighted by molar-refractivity contribution is 7.15. The molecule has 0 aliphatic carbocycles. The van der Waals surface area contributed by atoms with Crippen LogP contribution in [0.5, 0.6) is 0 Å². The quantitative estimate of drug-likeness (QED) is 0.901. The molecule has 0 saturated carbocycles. The van der Waals surface area contributed by atoms with Crippen LogP contribution in [0.15, 0.2) is 36.5 Å². The fourth-order valence-corrected chi connectivity index (χ4v) is 2.43. The Bertz CT molecular complexity index is 551. The number of carbonyl (C=O) groups excluding carboxylic acids is 1. The van der Waals surface area contributed by atoms with Crippen LogP contribution >= 0.6 is 11.3 Å². The zero-order valence-corrected chi connectivity index (χ0v) is 11.8. The van der Waals surface area contributed by atoms with Crippen LogP contribution in [0, 0.1) is 0 Å². The van der Waals surface area contributed by atoms with Gasteiger partial charge in [0, 0.05) is 11.1 Å². The molecule has 0 aliphatic rings. The SMILES string of the molecule is CC(C)c1cnc(NC(=O)C(N)c2ccccc2)s1. The Balaban J connectivity index is 2.04. The number of nitrogens with two attached hydrogens (primary N) is 1. The Morgan fingerprint density at radius 1 is 1.32 bits per heavy atom. The molecular formula is C14H17N3OS. The highest BCUT2D eigenvalue weighted by Gasteiger charge is 2.17. The Labute approximate surface area is 116 Å². The van der Waals surface area contributed by atoms with Crippen LogP contribution in [0.2, 0.25) is 0 Å². The predicted molar refractivity (Wildman–Crippen MR) is 78.2 cm³/mol. The lowest BCUT2D eigenvalue weighted by molar-refractivity contribution is -0.117. The maximum Gasteiger partial charge on any atom is 0.247 e. The van der Waals surface area contributed by atoms with E-state index in [0.717, 1.165) is 10.4 Å². The maximum atomic E-state index is 12.0. The van der Waals surface area contributed by atoms with Gasteiger partial charge in [-0.15, -0.1) is 11.3 Å². The first kappa shape index (κ1) is 13.7. The van der Waals surface area contributed by atoms with Crippen molar-refractivity contribution >= 4 is 22.4 Å². The van der Waals surface area contributed by atoms with Gasteiger partial charge in [-0.25, -0.2) is 4.98 Å². The average Bonchev–Trinajstić information content (AvgIpc) is 2.87. The summed E-state index contributed by atoms with van der Waals surface area (Å²) in [5.41, 5.74) is 6.71. The molecule has 100 valence electrons. The van der Waals surface area contributed by atoms with Crippen molar-refractivity contribution in [2.24, 2.45) is 5.73 Å². The number of amides is 1. The summed E-state index contributed by atoms with van der Waals surface area (Å²) >= 11 is 1.48. The van der Waals surface area contributed by atoms with Gasteiger partial charge in [0.25, 0.3) is 0 Å². The average molecular weight is 275 g/mol. The van der Waals surface area contributed by atoms with Crippen LogP contribution in [-0.2, 0) is 4.79 Å². The highest BCUT2D eigenvalue weighted by Crippen LogP contribution is 2.25. The van der Waals surface area contributed by atoms with E-state index in [1.54, 1.807) is 6.20 Å². The smallest absolute Gasteiger partial charge is 0.247 e. The molecule has 2 rings (SSSR count). The van der Waals surface area contributed by atoms with Gasteiger partial charge in [0.1, 0.15) is 6.04 Å². The summed E-state index contributed by atoms with van der Waals surface area (Å²) in [4.78, 5) is 17.3. The Morgan fingerprint density at radius 2 is 2.00 bits per heavy atom. The Morgan fingerprint density at radius 3 is 2.58 bits per heavy atom. The van der Waals surface area contributed by atoms with Crippen molar-refractivity contribution in [2.75, 3.05) is 5.32 Å². The number of nitrogens with zero attached hydrogens (tertiary/aromatic N) is 1. The van der Waals surface area contributed by atoms with E-state index in [4.69, 9.17) is 5.73 Å². The minimum Gasteiger partial charge on any atom is -0.316 e. The van der Waals surface area contributed by atoms with Gasteiger partial charge in [-0.05, 0) is 11.5 Å². The number of aromatic nitrogens is 1. The summed E-state index contributed by atoms with van der Waals surface area (Å²) in [6.45, 7) is 4.18. The molecule has 3 N–H and O–H groups in total. The third-order valence-corrected chi connectivity index (χ3v) is 3.98. The Kier molecular flexibility index (Phi) is 4.29. The number of hydrogen-bond donors (Lipinski definition) is 2. The zero-order chi connectivity index (χ0) is 13.8. The normalized spacial score (nSPS) is 12.4. The fraction of sp³-hybridized carbons (Fsp3) is 0.286. The second-order valence-corrected chi connectivity index (χ2v) is 5.66. The Hall–Kier alpha value is -1.72. The third-order valence-electron chi connectivity index (χ3n) is 2.76. The van der Waals surface area contributed by atoms with Gasteiger partial charge in [-0.2, -0.15) is 0 Å². The number of thiazole rings is 1. The van der Waals surface area contributed by atoms with Crippen molar-refractivity contribution in [3.8, 4) is 0 Å². The highest BCUT2D eigenvalue weighted by atomic mass is 32.1. The largest absolute Gasteiger partial charge is 0.316 e. The molecule has 0 aliphatic heterocycles. The first-order valence-electron chi connectivity index (χ1n) is 6.15. The lowest BCUT2D eigenvalue weighted by atomic mass is 10.1. The van der Waals surface area contributed by atoms with E-state index in [9.17, 15) is 4.79 Å². The number of rotatable bonds is 4. The number of hydrogen-bond acceptors (Lipinski definition) is 4. The van der Waals surface area contributed by atoms with E-state index in [1.165, 1.54) is 11.3 Å². The summed E-state index contributed by atoms with van der Waals surface area (Å²) < 4.78 is 0. The van der Waals surface area contributed by atoms with Crippen molar-refractivity contribution in [1.82, 2.24) is 4.98 Å². The standard InChI is InChI=1S/C14H17N3OS/c1-9(2)11-8-16-14(19-11)17-13(18)12(15)10-6-4-3-5-7-10/h3-9,12H,15H2,1-2H3,(H,16,17,18). The monoisotopic (exact) mass is 275 g/mol. The third kappa shape index (κ3) is 3.39. The van der Waals surface area contributed by atoms with Gasteiger partial charge < -0.3 is 11.1 Å². The van der Waals surface area contributed by atoms with Crippen molar-refractivity contribution < 1.29 is 4.79 Å². The minimum atomic E-state index is -0.674. The molecule has 0 radical (unpaired) electrons. The van der Waals surface area contributed by atoms with E-state index in [0.29, 0.717) is 11.0 Å². The topological polar surface area (TPSA) is 68.0 Å². The second-order valence-electron chi connectivity index (χ2n) is 4.60. The van der Waals surface area contributed by atoms with Gasteiger partial charge in [0.15, 0.2) is 5.13 Å². The van der Waals surface area contributed by atoms with Gasteiger partial charge in [-0.3, -0.25) is 4.79 Å². The van der Waals surface area contributed by atoms with Gasteiger partial charge in [0.2, 0.25) is 5.91 Å². The van der Waals surface area contributed by atoms with E-state index >= 15 is 0 Å². The van der Waals surface area contributed by atoms with Gasteiger partial charge in [0.05, 0.1) is 0 Å². The molecule has 1 unspecified atom stereocenters. The summed E-state index contributed by atoms with van der Waals surface area (Å²) in [7, 11) is 0. The molecule has 0 spiro atoms. The molecule has 4 nitrogen and oxygen atoms in total. The number of benzene rings is 1. The summed E-state index contributed by atoms with van der Waals surface area (Å²) in [5, 5.41) is 3.36. The van der Waals surface area contributed by atoms with Crippen molar-refractivity contribution in [3.63, 3.8) is 0 Å². The molecule has 0 bridgehead atoms. The van der Waals surface area contributed by atoms with E-state index in [2.05, 4.69) is 24.1 Å². The molecule has 1 atom stereocenters. The zero-order valence-electron chi connectivity index (χ0n) is 11.0. The second kappa shape index (κ2) is 5.95. The van der Waals surface area contributed by atoms with Crippen LogP contribution < -0.4 is 11.1 Å². The maximum absolute atomic E-state index is 12.0. The van der Waals surface area contributed by atoms with Crippen LogP contribution in [0.4, 0.5) is 5.13 Å². The first-order chi connectivity index (χ1) is 9.08. The van der Waals surface area contributed by atoms with Crippen LogP contribution in [0.3, 0.4) is 0 Å². The van der Waals surface area contributed by atoms with Crippen LogP contribution in [0.1, 0.15) is 36.2 Å². The van der Waals surface area contributed by atoms with E-state index < -0.39 is 6.04 Å². The van der Waals surface area contributed by atoms with Gasteiger partial charge in [-0.1, -0.05) is 44.2 Å². The number of carbonyl (C=O) groups is 1. The molecule has 1 heterocycles. The van der Waals surface area contributed by atoms with E-state index in [1.807, 2.05) is 30.3 Å². The molecular weight excluding hydrogens is 258 g/mol. The summed E-state index contributed by atoms with van der Waals surface area (Å²) in [5.74, 6) is 0.168. The van der Waals surface area contributed by atoms with Crippen LogP contribution in [0.25, 0.3) is 0 Å².